The summed E-state index contributed by atoms with van der Waals surface area (Å²) in [7, 11) is 1.33. The first kappa shape index (κ1) is 13.1. The van der Waals surface area contributed by atoms with Crippen molar-refractivity contribution in [3.63, 3.8) is 0 Å². The largest absolute Gasteiger partial charge is 0.467 e. The molecule has 0 aromatic carbocycles. The second-order valence-electron chi connectivity index (χ2n) is 4.34. The average molecular weight is 264 g/mol. The maximum absolute atomic E-state index is 11.5. The van der Waals surface area contributed by atoms with E-state index in [4.69, 9.17) is 0 Å². The van der Waals surface area contributed by atoms with Crippen LogP contribution in [-0.4, -0.2) is 36.1 Å². The monoisotopic (exact) mass is 264 g/mol. The smallest absolute Gasteiger partial charge is 0.328 e. The van der Waals surface area contributed by atoms with Crippen LogP contribution in [0.3, 0.4) is 0 Å². The molecule has 0 saturated carbocycles. The summed E-state index contributed by atoms with van der Waals surface area (Å²) >= 11 is 0. The first-order valence-electron chi connectivity index (χ1n) is 5.94. The predicted molar refractivity (Wildman–Crippen MR) is 71.1 cm³/mol. The quantitative estimate of drug-likeness (QED) is 0.700. The van der Waals surface area contributed by atoms with Gasteiger partial charge in [0.2, 0.25) is 5.91 Å². The molecule has 2 heterocycles. The van der Waals surface area contributed by atoms with E-state index < -0.39 is 6.04 Å². The highest BCUT2D eigenvalue weighted by Crippen LogP contribution is 2.26. The Morgan fingerprint density at radius 2 is 2.26 bits per heavy atom. The van der Waals surface area contributed by atoms with Gasteiger partial charge in [0.25, 0.3) is 0 Å². The zero-order chi connectivity index (χ0) is 14.0. The van der Waals surface area contributed by atoms with Gasteiger partial charge < -0.3 is 20.7 Å². The van der Waals surface area contributed by atoms with Crippen LogP contribution in [0, 0.1) is 0 Å². The van der Waals surface area contributed by atoms with Crippen molar-refractivity contribution in [3.8, 4) is 0 Å². The fourth-order valence-corrected chi connectivity index (χ4v) is 1.72. The van der Waals surface area contributed by atoms with Crippen molar-refractivity contribution in [2.75, 3.05) is 23.1 Å². The molecule has 7 nitrogen and oxygen atoms in total. The van der Waals surface area contributed by atoms with Crippen LogP contribution in [-0.2, 0) is 14.3 Å². The van der Waals surface area contributed by atoms with E-state index in [-0.39, 0.29) is 17.9 Å². The summed E-state index contributed by atoms with van der Waals surface area (Å²) < 4.78 is 4.63. The summed E-state index contributed by atoms with van der Waals surface area (Å²) in [6, 6.07) is 2.58. The molecule has 0 bridgehead atoms. The van der Waals surface area contributed by atoms with Crippen molar-refractivity contribution < 1.29 is 14.3 Å². The Kier molecular flexibility index (Phi) is 3.55. The third-order valence-electron chi connectivity index (χ3n) is 2.82. The molecular formula is C12H16N4O3. The molecule has 1 aromatic heterocycles. The van der Waals surface area contributed by atoms with Gasteiger partial charge in [-0.05, 0) is 26.0 Å². The fourth-order valence-electron chi connectivity index (χ4n) is 1.72. The van der Waals surface area contributed by atoms with Crippen molar-refractivity contribution >= 4 is 29.2 Å². The fraction of sp³-hybridized carbons (Fsp3) is 0.417. The number of aromatic nitrogens is 1. The maximum atomic E-state index is 11.5. The minimum atomic E-state index is -0.494. The number of fused-ring (bicyclic) bond motifs is 1. The number of nitrogens with zero attached hydrogens (tertiary/aromatic N) is 1. The number of anilines is 3. The molecule has 2 rings (SSSR count). The molecule has 1 aliphatic rings. The van der Waals surface area contributed by atoms with Crippen LogP contribution in [0.1, 0.15) is 13.8 Å². The molecule has 1 amide bonds. The van der Waals surface area contributed by atoms with Gasteiger partial charge in [-0.3, -0.25) is 4.79 Å². The summed E-state index contributed by atoms with van der Waals surface area (Å²) in [5, 5.41) is 8.66. The summed E-state index contributed by atoms with van der Waals surface area (Å²) in [6.07, 6.45) is 0. The highest BCUT2D eigenvalue weighted by Gasteiger charge is 2.23. The molecule has 3 N–H and O–H groups in total. The number of nitrogens with one attached hydrogen (secondary N) is 3. The number of hydrogen-bond acceptors (Lipinski definition) is 6. The van der Waals surface area contributed by atoms with Gasteiger partial charge in [0.15, 0.2) is 5.82 Å². The topological polar surface area (TPSA) is 92.3 Å². The Morgan fingerprint density at radius 3 is 2.95 bits per heavy atom. The van der Waals surface area contributed by atoms with Gasteiger partial charge in [0.1, 0.15) is 17.9 Å². The van der Waals surface area contributed by atoms with E-state index in [0.29, 0.717) is 17.3 Å². The average Bonchev–Trinajstić information content (AvgIpc) is 2.39. The lowest BCUT2D eigenvalue weighted by Gasteiger charge is -2.24. The maximum Gasteiger partial charge on any atom is 0.328 e. The van der Waals surface area contributed by atoms with Crippen LogP contribution < -0.4 is 16.0 Å². The number of methoxy groups -OCH3 is 1. The van der Waals surface area contributed by atoms with Crippen LogP contribution in [0.5, 0.6) is 0 Å². The lowest BCUT2D eigenvalue weighted by molar-refractivity contribution is -0.141. The number of esters is 1. The molecule has 0 fully saturated rings. The van der Waals surface area contributed by atoms with E-state index in [1.54, 1.807) is 26.0 Å². The lowest BCUT2D eigenvalue weighted by Crippen LogP contribution is -2.37. The Morgan fingerprint density at radius 1 is 1.53 bits per heavy atom. The standard InChI is InChI=1S/C12H16N4O3/c1-6-11(17)15-8-4-5-9(16-10(8)14-6)13-7(2)12(18)19-3/h4-7H,1-3H3,(H,15,17)(H2,13,14,16)/t6-,7?/m0/s1. The van der Waals surface area contributed by atoms with Crippen LogP contribution in [0.4, 0.5) is 17.3 Å². The van der Waals surface area contributed by atoms with E-state index >= 15 is 0 Å². The molecule has 0 aliphatic carbocycles. The number of rotatable bonds is 3. The summed E-state index contributed by atoms with van der Waals surface area (Å²) in [5.74, 6) is 0.647. The lowest BCUT2D eigenvalue weighted by atomic mass is 10.2. The number of hydrogen-bond donors (Lipinski definition) is 3. The van der Waals surface area contributed by atoms with Gasteiger partial charge in [-0.1, -0.05) is 0 Å². The predicted octanol–water partition coefficient (Wildman–Crippen LogP) is 0.807. The van der Waals surface area contributed by atoms with E-state index in [1.165, 1.54) is 7.11 Å². The molecule has 0 spiro atoms. The van der Waals surface area contributed by atoms with E-state index in [0.717, 1.165) is 0 Å². The number of carbonyl (C=O) groups excluding carboxylic acids is 2. The van der Waals surface area contributed by atoms with Gasteiger partial charge in [0.05, 0.1) is 12.8 Å². The molecule has 7 heteroatoms. The SMILES string of the molecule is COC(=O)C(C)Nc1ccc2c(n1)N[C@@H](C)C(=O)N2. The first-order chi connectivity index (χ1) is 9.01. The van der Waals surface area contributed by atoms with E-state index in [1.807, 2.05) is 0 Å². The van der Waals surface area contributed by atoms with Crippen molar-refractivity contribution in [3.05, 3.63) is 12.1 Å². The van der Waals surface area contributed by atoms with E-state index in [2.05, 4.69) is 25.7 Å². The molecule has 1 aliphatic heterocycles. The summed E-state index contributed by atoms with van der Waals surface area (Å²) in [5.41, 5.74) is 0.624. The number of carbonyl (C=O) groups is 2. The van der Waals surface area contributed by atoms with Crippen molar-refractivity contribution in [1.29, 1.82) is 0 Å². The summed E-state index contributed by atoms with van der Waals surface area (Å²) in [6.45, 7) is 3.43. The zero-order valence-electron chi connectivity index (χ0n) is 11.0. The van der Waals surface area contributed by atoms with Gasteiger partial charge in [0, 0.05) is 0 Å². The van der Waals surface area contributed by atoms with Crippen molar-refractivity contribution in [2.24, 2.45) is 0 Å². The van der Waals surface area contributed by atoms with Gasteiger partial charge in [-0.25, -0.2) is 9.78 Å². The second-order valence-corrected chi connectivity index (χ2v) is 4.34. The Bertz CT molecular complexity index is 518. The van der Waals surface area contributed by atoms with Crippen molar-refractivity contribution in [2.45, 2.75) is 25.9 Å². The Labute approximate surface area is 110 Å². The second kappa shape index (κ2) is 5.13. The van der Waals surface area contributed by atoms with Gasteiger partial charge in [-0.2, -0.15) is 0 Å². The van der Waals surface area contributed by atoms with Crippen LogP contribution in [0.15, 0.2) is 12.1 Å². The van der Waals surface area contributed by atoms with Crippen LogP contribution in [0.25, 0.3) is 0 Å². The minimum absolute atomic E-state index is 0.0991. The minimum Gasteiger partial charge on any atom is -0.467 e. The molecular weight excluding hydrogens is 248 g/mol. The van der Waals surface area contributed by atoms with Gasteiger partial charge >= 0.3 is 5.97 Å². The molecule has 1 aromatic rings. The molecule has 102 valence electrons. The van der Waals surface area contributed by atoms with Gasteiger partial charge in [-0.15, -0.1) is 0 Å². The highest BCUT2D eigenvalue weighted by molar-refractivity contribution is 6.02. The first-order valence-corrected chi connectivity index (χ1v) is 5.94. The van der Waals surface area contributed by atoms with Crippen LogP contribution >= 0.6 is 0 Å². The normalized spacial score (nSPS) is 18.7. The molecule has 0 saturated heterocycles. The molecule has 2 atom stereocenters. The number of ether oxygens (including phenoxy) is 1. The number of amides is 1. The van der Waals surface area contributed by atoms with Crippen molar-refractivity contribution in [1.82, 2.24) is 4.98 Å². The highest BCUT2D eigenvalue weighted by atomic mass is 16.5. The zero-order valence-corrected chi connectivity index (χ0v) is 11.0. The molecule has 0 radical (unpaired) electrons. The number of pyridine rings is 1. The Balaban J connectivity index is 2.15. The molecule has 19 heavy (non-hydrogen) atoms. The van der Waals surface area contributed by atoms with Crippen LogP contribution in [0.2, 0.25) is 0 Å². The summed E-state index contributed by atoms with van der Waals surface area (Å²) in [4.78, 5) is 27.1. The van der Waals surface area contributed by atoms with E-state index in [9.17, 15) is 9.59 Å². The Hall–Kier alpha value is -2.31. The third-order valence-corrected chi connectivity index (χ3v) is 2.82. The third kappa shape index (κ3) is 2.75. The molecule has 1 unspecified atom stereocenters.